The minimum Gasteiger partial charge on any atom is -0.491 e. The number of allylic oxidation sites excluding steroid dienone is 6. The van der Waals surface area contributed by atoms with Gasteiger partial charge in [0.05, 0.1) is 36.0 Å². The van der Waals surface area contributed by atoms with Crippen LogP contribution in [0.15, 0.2) is 72.7 Å². The van der Waals surface area contributed by atoms with Crippen LogP contribution in [0.3, 0.4) is 0 Å². The van der Waals surface area contributed by atoms with Gasteiger partial charge >= 0.3 is 0 Å². The molecule has 0 aromatic heterocycles. The molecule has 4 fully saturated rings. The van der Waals surface area contributed by atoms with Gasteiger partial charge < -0.3 is 14.2 Å². The maximum Gasteiger partial charge on any atom is 0.238 e. The number of imide groups is 2. The van der Waals surface area contributed by atoms with Gasteiger partial charge in [0.2, 0.25) is 23.6 Å². The number of hydrogen-bond donors (Lipinski definition) is 0. The summed E-state index contributed by atoms with van der Waals surface area (Å²) in [6.45, 7) is 9.94. The number of benzene rings is 1. The van der Waals surface area contributed by atoms with E-state index in [1.807, 2.05) is 0 Å². The van der Waals surface area contributed by atoms with Crippen LogP contribution in [-0.2, 0) is 28.7 Å². The van der Waals surface area contributed by atoms with Gasteiger partial charge in [0, 0.05) is 5.70 Å². The molecule has 0 radical (unpaired) electrons. The zero-order valence-corrected chi connectivity index (χ0v) is 26.2. The van der Waals surface area contributed by atoms with Gasteiger partial charge in [0.25, 0.3) is 0 Å². The number of rotatable bonds is 12. The normalized spacial score (nSPS) is 31.5. The molecule has 4 amide bonds. The van der Waals surface area contributed by atoms with Crippen molar-refractivity contribution in [2.75, 3.05) is 18.1 Å². The molecule has 1 aromatic carbocycles. The van der Waals surface area contributed by atoms with E-state index in [0.717, 1.165) is 32.1 Å². The molecule has 1 aromatic rings. The molecule has 6 rings (SSSR count). The van der Waals surface area contributed by atoms with Gasteiger partial charge in [0.15, 0.2) is 6.29 Å². The molecule has 5 aliphatic rings. The fourth-order valence-corrected chi connectivity index (χ4v) is 8.05. The molecular formula is C36H42N2O7. The van der Waals surface area contributed by atoms with Gasteiger partial charge in [-0.05, 0) is 93.4 Å². The van der Waals surface area contributed by atoms with Crippen LogP contribution in [0.4, 0.5) is 5.69 Å². The summed E-state index contributed by atoms with van der Waals surface area (Å²) in [6.07, 6.45) is 13.1. The lowest BCUT2D eigenvalue weighted by molar-refractivity contribution is -0.137. The summed E-state index contributed by atoms with van der Waals surface area (Å²) in [6, 6.07) is 6.97. The first kappa shape index (κ1) is 31.0. The van der Waals surface area contributed by atoms with Gasteiger partial charge in [-0.2, -0.15) is 0 Å². The van der Waals surface area contributed by atoms with E-state index in [-0.39, 0.29) is 78.3 Å². The monoisotopic (exact) mass is 614 g/mol. The van der Waals surface area contributed by atoms with Crippen molar-refractivity contribution in [2.45, 2.75) is 59.2 Å². The van der Waals surface area contributed by atoms with E-state index in [2.05, 4.69) is 25.7 Å². The van der Waals surface area contributed by atoms with Crippen molar-refractivity contribution in [2.24, 2.45) is 41.4 Å². The summed E-state index contributed by atoms with van der Waals surface area (Å²) in [7, 11) is 0. The highest BCUT2D eigenvalue weighted by atomic mass is 16.7. The molecule has 3 aliphatic carbocycles. The number of carbonyl (C=O) groups excluding carboxylic acids is 4. The van der Waals surface area contributed by atoms with Gasteiger partial charge in [-0.25, -0.2) is 0 Å². The van der Waals surface area contributed by atoms with Gasteiger partial charge in [-0.3, -0.25) is 29.0 Å². The number of ether oxygens (including phenoxy) is 3. The second kappa shape index (κ2) is 12.8. The summed E-state index contributed by atoms with van der Waals surface area (Å²) < 4.78 is 17.4. The highest BCUT2D eigenvalue weighted by molar-refractivity contribution is 6.22. The Morgan fingerprint density at radius 3 is 2.27 bits per heavy atom. The Morgan fingerprint density at radius 2 is 1.62 bits per heavy atom. The molecule has 2 bridgehead atoms. The highest BCUT2D eigenvalue weighted by Crippen LogP contribution is 2.53. The molecule has 2 saturated heterocycles. The van der Waals surface area contributed by atoms with Crippen molar-refractivity contribution in [3.8, 4) is 5.75 Å². The van der Waals surface area contributed by atoms with E-state index >= 15 is 0 Å². The standard InChI is InChI=1S/C36H42N2O7/c1-5-23-8-7-9-29-30(23)34(40)37(33(29)39)21(3)10-15-27(6-2)45-22(4)43-18-19-44-28-16-13-26(14-17-28)38-35(41)31-24-11-12-25(20-24)32(31)36(38)42/h6,10-17,22-25,29-32H,2,5,7-9,18-20H2,1,3-4H3/b21-10+,27-15+/t22?,23?,24?,25?,29-,30+,31-,32+/m0/s1. The summed E-state index contributed by atoms with van der Waals surface area (Å²) >= 11 is 0. The maximum absolute atomic E-state index is 13.2. The van der Waals surface area contributed by atoms with E-state index in [9.17, 15) is 19.2 Å². The van der Waals surface area contributed by atoms with E-state index in [0.29, 0.717) is 22.9 Å². The van der Waals surface area contributed by atoms with Crippen LogP contribution in [0, 0.1) is 41.4 Å². The summed E-state index contributed by atoms with van der Waals surface area (Å²) in [4.78, 5) is 55.1. The Bertz CT molecular complexity index is 1430. The number of anilines is 1. The zero-order valence-electron chi connectivity index (χ0n) is 26.2. The molecule has 8 atom stereocenters. The van der Waals surface area contributed by atoms with E-state index < -0.39 is 6.29 Å². The third-order valence-corrected chi connectivity index (χ3v) is 10.2. The van der Waals surface area contributed by atoms with Crippen molar-refractivity contribution in [1.82, 2.24) is 4.90 Å². The number of fused-ring (bicyclic) bond motifs is 6. The fraction of sp³-hybridized carbons (Fsp3) is 0.500. The first-order chi connectivity index (χ1) is 21.7. The molecule has 2 aliphatic heterocycles. The largest absolute Gasteiger partial charge is 0.491 e. The third-order valence-electron chi connectivity index (χ3n) is 10.2. The van der Waals surface area contributed by atoms with Gasteiger partial charge in [-0.1, -0.05) is 38.5 Å². The maximum atomic E-state index is 13.2. The smallest absolute Gasteiger partial charge is 0.238 e. The fourth-order valence-electron chi connectivity index (χ4n) is 8.05. The Hall–Kier alpha value is -3.98. The van der Waals surface area contributed by atoms with Crippen LogP contribution in [0.2, 0.25) is 0 Å². The molecule has 45 heavy (non-hydrogen) atoms. The number of nitrogens with zero attached hydrogens (tertiary/aromatic N) is 2. The van der Waals surface area contributed by atoms with Crippen molar-refractivity contribution >= 4 is 29.3 Å². The second-order valence-corrected chi connectivity index (χ2v) is 12.7. The minimum atomic E-state index is -0.603. The molecule has 0 N–H and O–H groups in total. The molecule has 4 unspecified atom stereocenters. The van der Waals surface area contributed by atoms with E-state index in [1.165, 1.54) is 9.80 Å². The summed E-state index contributed by atoms with van der Waals surface area (Å²) in [5.74, 6) is 0.415. The van der Waals surface area contributed by atoms with Crippen LogP contribution in [0.5, 0.6) is 5.75 Å². The summed E-state index contributed by atoms with van der Waals surface area (Å²) in [5.41, 5.74) is 1.13. The van der Waals surface area contributed by atoms with Crippen LogP contribution in [0.1, 0.15) is 52.9 Å². The number of amides is 4. The van der Waals surface area contributed by atoms with Crippen LogP contribution >= 0.6 is 0 Å². The number of hydrogen-bond acceptors (Lipinski definition) is 7. The quantitative estimate of drug-likeness (QED) is 0.0761. The van der Waals surface area contributed by atoms with Crippen LogP contribution in [0.25, 0.3) is 0 Å². The predicted octanol–water partition coefficient (Wildman–Crippen LogP) is 5.54. The lowest BCUT2D eigenvalue weighted by Crippen LogP contribution is -2.32. The zero-order chi connectivity index (χ0) is 31.8. The SMILES string of the molecule is C=C/C(=C\C=C(/C)N1C(=O)[C@H]2CCCC(CC)[C@H]2C1=O)OC(C)OCCOc1ccc(N2C(=O)[C@@H]3C4C=CC(C4)[C@@H]3C2=O)cc1. The lowest BCUT2D eigenvalue weighted by Gasteiger charge is -2.29. The molecule has 9 nitrogen and oxygen atoms in total. The minimum absolute atomic E-state index is 0.0873. The van der Waals surface area contributed by atoms with Crippen LogP contribution in [-0.4, -0.2) is 48.0 Å². The van der Waals surface area contributed by atoms with Crippen LogP contribution < -0.4 is 9.64 Å². The van der Waals surface area contributed by atoms with E-state index in [1.54, 1.807) is 56.3 Å². The molecule has 2 heterocycles. The van der Waals surface area contributed by atoms with Crippen molar-refractivity contribution in [3.63, 3.8) is 0 Å². The second-order valence-electron chi connectivity index (χ2n) is 12.7. The van der Waals surface area contributed by atoms with Crippen molar-refractivity contribution in [1.29, 1.82) is 0 Å². The van der Waals surface area contributed by atoms with Crippen molar-refractivity contribution in [3.05, 3.63) is 72.7 Å². The highest BCUT2D eigenvalue weighted by Gasteiger charge is 2.59. The third kappa shape index (κ3) is 5.67. The van der Waals surface area contributed by atoms with Crippen molar-refractivity contribution < 1.29 is 33.4 Å². The number of carbonyl (C=O) groups is 4. The van der Waals surface area contributed by atoms with Gasteiger partial charge in [-0.15, -0.1) is 0 Å². The average Bonchev–Trinajstić information content (AvgIpc) is 3.79. The molecule has 2 saturated carbocycles. The molecular weight excluding hydrogens is 572 g/mol. The predicted molar refractivity (Wildman–Crippen MR) is 167 cm³/mol. The number of likely N-dealkylation sites (tertiary alicyclic amines) is 1. The topological polar surface area (TPSA) is 102 Å². The first-order valence-electron chi connectivity index (χ1n) is 16.2. The average molecular weight is 615 g/mol. The Kier molecular flexibility index (Phi) is 8.82. The Morgan fingerprint density at radius 1 is 0.933 bits per heavy atom. The molecule has 9 heteroatoms. The van der Waals surface area contributed by atoms with Gasteiger partial charge in [0.1, 0.15) is 18.1 Å². The molecule has 0 spiro atoms. The Balaban J connectivity index is 0.966. The Labute approximate surface area is 264 Å². The first-order valence-corrected chi connectivity index (χ1v) is 16.2. The summed E-state index contributed by atoms with van der Waals surface area (Å²) in [5, 5.41) is 0. The molecule has 238 valence electrons. The lowest BCUT2D eigenvalue weighted by atomic mass is 9.72. The van der Waals surface area contributed by atoms with E-state index in [4.69, 9.17) is 14.2 Å².